The minimum absolute atomic E-state index is 0.0139. The number of aromatic nitrogens is 1. The third-order valence-corrected chi connectivity index (χ3v) is 2.91. The third-order valence-electron chi connectivity index (χ3n) is 1.73. The van der Waals surface area contributed by atoms with Crippen LogP contribution < -0.4 is 4.90 Å². The van der Waals surface area contributed by atoms with Crippen LogP contribution in [0.3, 0.4) is 0 Å². The largest absolute Gasteiger partial charge is 0.332 e. The molecule has 0 atom stereocenters. The van der Waals surface area contributed by atoms with E-state index in [9.17, 15) is 8.42 Å². The van der Waals surface area contributed by atoms with Crippen molar-refractivity contribution in [1.29, 1.82) is 0 Å². The molecule has 0 fully saturated rings. The molecule has 5 nitrogen and oxygen atoms in total. The van der Waals surface area contributed by atoms with E-state index in [0.717, 1.165) is 0 Å². The van der Waals surface area contributed by atoms with Crippen molar-refractivity contribution < 1.29 is 8.42 Å². The van der Waals surface area contributed by atoms with Gasteiger partial charge in [0.05, 0.1) is 5.69 Å². The highest BCUT2D eigenvalue weighted by Gasteiger charge is 2.24. The maximum Gasteiger partial charge on any atom is 0.303 e. The van der Waals surface area contributed by atoms with Gasteiger partial charge in [-0.05, 0) is 12.1 Å². The molecule has 1 aromatic rings. The van der Waals surface area contributed by atoms with Crippen LogP contribution in [0.15, 0.2) is 27.8 Å². The molecule has 0 saturated carbocycles. The van der Waals surface area contributed by atoms with Crippen molar-refractivity contribution >= 4 is 22.0 Å². The Labute approximate surface area is 75.8 Å². The van der Waals surface area contributed by atoms with Gasteiger partial charge in [-0.25, -0.2) is 4.98 Å². The molecular formula is C7H7N3O2S. The molecule has 0 aliphatic carbocycles. The summed E-state index contributed by atoms with van der Waals surface area (Å²) in [5.74, 6) is 0. The summed E-state index contributed by atoms with van der Waals surface area (Å²) in [5.41, 5.74) is 0.553. The SMILES string of the molecule is CN1C=NS(=O)(=O)c2ncccc21. The molecule has 0 unspecified atom stereocenters. The van der Waals surface area contributed by atoms with Crippen molar-refractivity contribution in [2.24, 2.45) is 4.40 Å². The molecule has 0 spiro atoms. The van der Waals surface area contributed by atoms with Gasteiger partial charge in [0.1, 0.15) is 6.34 Å². The molecule has 0 radical (unpaired) electrons. The molecule has 68 valence electrons. The average Bonchev–Trinajstić information content (AvgIpc) is 2.13. The molecule has 2 heterocycles. The first kappa shape index (κ1) is 8.18. The van der Waals surface area contributed by atoms with Crippen molar-refractivity contribution in [2.75, 3.05) is 11.9 Å². The van der Waals surface area contributed by atoms with E-state index in [1.54, 1.807) is 24.1 Å². The molecule has 1 aromatic heterocycles. The van der Waals surface area contributed by atoms with Crippen LogP contribution >= 0.6 is 0 Å². The summed E-state index contributed by atoms with van der Waals surface area (Å²) in [6, 6.07) is 3.37. The van der Waals surface area contributed by atoms with E-state index in [4.69, 9.17) is 0 Å². The van der Waals surface area contributed by atoms with Gasteiger partial charge in [-0.3, -0.25) is 0 Å². The van der Waals surface area contributed by atoms with Gasteiger partial charge in [-0.1, -0.05) is 0 Å². The molecule has 0 saturated heterocycles. The van der Waals surface area contributed by atoms with Crippen LogP contribution in [-0.4, -0.2) is 26.8 Å². The van der Waals surface area contributed by atoms with E-state index in [1.165, 1.54) is 12.5 Å². The zero-order valence-electron chi connectivity index (χ0n) is 6.88. The molecule has 1 aliphatic rings. The van der Waals surface area contributed by atoms with Gasteiger partial charge in [0.15, 0.2) is 0 Å². The number of hydrogen-bond acceptors (Lipinski definition) is 4. The van der Waals surface area contributed by atoms with E-state index in [1.807, 2.05) is 0 Å². The lowest BCUT2D eigenvalue weighted by molar-refractivity contribution is 0.593. The number of pyridine rings is 1. The van der Waals surface area contributed by atoms with Crippen molar-refractivity contribution in [3.63, 3.8) is 0 Å². The summed E-state index contributed by atoms with van der Waals surface area (Å²) >= 11 is 0. The highest BCUT2D eigenvalue weighted by Crippen LogP contribution is 2.25. The fraction of sp³-hybridized carbons (Fsp3) is 0.143. The summed E-state index contributed by atoms with van der Waals surface area (Å²) in [7, 11) is -1.84. The van der Waals surface area contributed by atoms with Gasteiger partial charge in [0.2, 0.25) is 5.03 Å². The Morgan fingerprint density at radius 3 is 2.92 bits per heavy atom. The molecule has 0 N–H and O–H groups in total. The summed E-state index contributed by atoms with van der Waals surface area (Å²) in [4.78, 5) is 5.39. The standard InChI is InChI=1S/C7H7N3O2S/c1-10-5-9-13(11,12)7-6(10)3-2-4-8-7/h2-5H,1H3. The van der Waals surface area contributed by atoms with Crippen molar-refractivity contribution in [2.45, 2.75) is 5.03 Å². The van der Waals surface area contributed by atoms with Crippen molar-refractivity contribution in [3.05, 3.63) is 18.3 Å². The second-order valence-electron chi connectivity index (χ2n) is 2.63. The number of fused-ring (bicyclic) bond motifs is 1. The first-order valence-corrected chi connectivity index (χ1v) is 5.03. The molecule has 0 bridgehead atoms. The number of rotatable bonds is 0. The lowest BCUT2D eigenvalue weighted by Crippen LogP contribution is -2.23. The Kier molecular flexibility index (Phi) is 1.59. The minimum Gasteiger partial charge on any atom is -0.332 e. The Bertz CT molecular complexity index is 466. The first-order valence-electron chi connectivity index (χ1n) is 3.59. The Morgan fingerprint density at radius 1 is 1.46 bits per heavy atom. The lowest BCUT2D eigenvalue weighted by atomic mass is 10.4. The average molecular weight is 197 g/mol. The lowest BCUT2D eigenvalue weighted by Gasteiger charge is -2.18. The zero-order chi connectivity index (χ0) is 9.47. The molecule has 13 heavy (non-hydrogen) atoms. The Balaban J connectivity index is 2.76. The maximum absolute atomic E-state index is 11.3. The number of anilines is 1. The van der Waals surface area contributed by atoms with Crippen molar-refractivity contribution in [1.82, 2.24) is 4.98 Å². The van der Waals surface area contributed by atoms with Crippen LogP contribution in [0.2, 0.25) is 0 Å². The third kappa shape index (κ3) is 1.19. The quantitative estimate of drug-likeness (QED) is 0.598. The van der Waals surface area contributed by atoms with Crippen molar-refractivity contribution in [3.8, 4) is 0 Å². The van der Waals surface area contributed by atoms with Crippen LogP contribution in [0.25, 0.3) is 0 Å². The molecular weight excluding hydrogens is 190 g/mol. The number of nitrogens with zero attached hydrogens (tertiary/aromatic N) is 3. The van der Waals surface area contributed by atoms with Crippen LogP contribution in [0.5, 0.6) is 0 Å². The number of sulfonamides is 1. The normalized spacial score (nSPS) is 18.4. The predicted molar refractivity (Wildman–Crippen MR) is 48.3 cm³/mol. The van der Waals surface area contributed by atoms with E-state index in [-0.39, 0.29) is 5.03 Å². The van der Waals surface area contributed by atoms with Crippen LogP contribution in [0.1, 0.15) is 0 Å². The highest BCUT2D eigenvalue weighted by molar-refractivity contribution is 7.90. The minimum atomic E-state index is -3.56. The summed E-state index contributed by atoms with van der Waals surface area (Å²) in [6.45, 7) is 0. The second kappa shape index (κ2) is 2.53. The van der Waals surface area contributed by atoms with Gasteiger partial charge in [-0.2, -0.15) is 8.42 Å². The molecule has 2 rings (SSSR count). The Morgan fingerprint density at radius 2 is 2.23 bits per heavy atom. The molecule has 6 heteroatoms. The van der Waals surface area contributed by atoms with Gasteiger partial charge in [0, 0.05) is 13.2 Å². The van der Waals surface area contributed by atoms with Gasteiger partial charge in [-0.15, -0.1) is 4.40 Å². The summed E-state index contributed by atoms with van der Waals surface area (Å²) in [6.07, 6.45) is 2.70. The molecule has 1 aliphatic heterocycles. The van der Waals surface area contributed by atoms with E-state index in [0.29, 0.717) is 5.69 Å². The van der Waals surface area contributed by atoms with Gasteiger partial charge < -0.3 is 4.90 Å². The van der Waals surface area contributed by atoms with Crippen LogP contribution in [-0.2, 0) is 10.0 Å². The van der Waals surface area contributed by atoms with Crippen LogP contribution in [0.4, 0.5) is 5.69 Å². The van der Waals surface area contributed by atoms with E-state index < -0.39 is 10.0 Å². The monoisotopic (exact) mass is 197 g/mol. The first-order chi connectivity index (χ1) is 6.11. The summed E-state index contributed by atoms with van der Waals surface area (Å²) in [5, 5.41) is 0.0139. The molecule has 0 aromatic carbocycles. The topological polar surface area (TPSA) is 62.6 Å². The van der Waals surface area contributed by atoms with E-state index >= 15 is 0 Å². The van der Waals surface area contributed by atoms with E-state index in [2.05, 4.69) is 9.38 Å². The molecule has 0 amide bonds. The smallest absolute Gasteiger partial charge is 0.303 e. The maximum atomic E-state index is 11.3. The highest BCUT2D eigenvalue weighted by atomic mass is 32.2. The van der Waals surface area contributed by atoms with Crippen LogP contribution in [0, 0.1) is 0 Å². The fourth-order valence-electron chi connectivity index (χ4n) is 1.09. The predicted octanol–water partition coefficient (Wildman–Crippen LogP) is 0.248. The Hall–Kier alpha value is -1.43. The fourth-order valence-corrected chi connectivity index (χ4v) is 2.13. The zero-order valence-corrected chi connectivity index (χ0v) is 7.69. The van der Waals surface area contributed by atoms with Gasteiger partial charge >= 0.3 is 10.0 Å². The number of hydrogen-bond donors (Lipinski definition) is 0. The van der Waals surface area contributed by atoms with Gasteiger partial charge in [0.25, 0.3) is 0 Å². The summed E-state index contributed by atoms with van der Waals surface area (Å²) < 4.78 is 26.1. The second-order valence-corrected chi connectivity index (χ2v) is 4.18.